The van der Waals surface area contributed by atoms with E-state index in [1.165, 1.54) is 0 Å². The van der Waals surface area contributed by atoms with Crippen LogP contribution in [0.2, 0.25) is 0 Å². The molecule has 0 amide bonds. The molecule has 0 spiro atoms. The highest BCUT2D eigenvalue weighted by atomic mass is 31.2. The zero-order valence-corrected chi connectivity index (χ0v) is 8.47. The standard InChI is InChI=1S/C7H19N2OP/c1-6(8)4-11(3,10)5-7(2)9/h6-7H,4-5,8-9H2,1-3H3. The van der Waals surface area contributed by atoms with E-state index >= 15 is 0 Å². The zero-order valence-electron chi connectivity index (χ0n) is 7.58. The van der Waals surface area contributed by atoms with Gasteiger partial charge in [0.15, 0.2) is 0 Å². The van der Waals surface area contributed by atoms with Gasteiger partial charge in [-0.05, 0) is 20.5 Å². The van der Waals surface area contributed by atoms with Crippen LogP contribution in [0.15, 0.2) is 0 Å². The van der Waals surface area contributed by atoms with Crippen LogP contribution in [0, 0.1) is 0 Å². The van der Waals surface area contributed by atoms with Crippen LogP contribution in [0.3, 0.4) is 0 Å². The van der Waals surface area contributed by atoms with Crippen molar-refractivity contribution in [1.29, 1.82) is 0 Å². The third-order valence-electron chi connectivity index (χ3n) is 1.35. The van der Waals surface area contributed by atoms with Gasteiger partial charge in [0.05, 0.1) is 7.14 Å². The van der Waals surface area contributed by atoms with Gasteiger partial charge in [-0.2, -0.15) is 0 Å². The zero-order chi connectivity index (χ0) is 9.07. The van der Waals surface area contributed by atoms with Crippen molar-refractivity contribution < 1.29 is 4.57 Å². The van der Waals surface area contributed by atoms with Gasteiger partial charge >= 0.3 is 0 Å². The summed E-state index contributed by atoms with van der Waals surface area (Å²) in [5, 5.41) is 0. The first-order valence-corrected chi connectivity index (χ1v) is 6.42. The van der Waals surface area contributed by atoms with E-state index in [-0.39, 0.29) is 12.1 Å². The molecule has 2 atom stereocenters. The Kier molecular flexibility index (Phi) is 4.30. The molecule has 0 aromatic heterocycles. The van der Waals surface area contributed by atoms with E-state index < -0.39 is 7.14 Å². The first-order valence-electron chi connectivity index (χ1n) is 3.90. The number of hydrogen-bond acceptors (Lipinski definition) is 3. The van der Waals surface area contributed by atoms with Crippen LogP contribution in [-0.4, -0.2) is 31.1 Å². The fraction of sp³-hybridized carbons (Fsp3) is 1.00. The van der Waals surface area contributed by atoms with Gasteiger partial charge in [-0.25, -0.2) is 0 Å². The Labute approximate surface area is 68.9 Å². The molecule has 0 aromatic rings. The van der Waals surface area contributed by atoms with Crippen molar-refractivity contribution in [1.82, 2.24) is 0 Å². The average molecular weight is 178 g/mol. The minimum Gasteiger partial charge on any atom is -0.328 e. The van der Waals surface area contributed by atoms with Gasteiger partial charge < -0.3 is 16.0 Å². The lowest BCUT2D eigenvalue weighted by atomic mass is 10.4. The highest BCUT2D eigenvalue weighted by Crippen LogP contribution is 2.41. The molecule has 0 aliphatic carbocycles. The summed E-state index contributed by atoms with van der Waals surface area (Å²) < 4.78 is 11.7. The molecule has 0 radical (unpaired) electrons. The SMILES string of the molecule is CC(N)CP(C)(=O)CC(C)N. The van der Waals surface area contributed by atoms with E-state index in [1.807, 2.05) is 13.8 Å². The lowest BCUT2D eigenvalue weighted by Gasteiger charge is -2.16. The molecule has 11 heavy (non-hydrogen) atoms. The largest absolute Gasteiger partial charge is 0.328 e. The van der Waals surface area contributed by atoms with Crippen molar-refractivity contribution in [2.75, 3.05) is 19.0 Å². The van der Waals surface area contributed by atoms with Gasteiger partial charge in [0.25, 0.3) is 0 Å². The van der Waals surface area contributed by atoms with E-state index in [9.17, 15) is 4.57 Å². The second-order valence-corrected chi connectivity index (χ2v) is 6.94. The maximum absolute atomic E-state index is 11.7. The Morgan fingerprint density at radius 2 is 1.45 bits per heavy atom. The third-order valence-corrected chi connectivity index (χ3v) is 4.05. The molecule has 68 valence electrons. The number of nitrogens with two attached hydrogens (primary N) is 2. The molecule has 0 bridgehead atoms. The molecule has 2 unspecified atom stereocenters. The van der Waals surface area contributed by atoms with E-state index in [2.05, 4.69) is 0 Å². The van der Waals surface area contributed by atoms with Crippen LogP contribution in [0.5, 0.6) is 0 Å². The molecule has 0 aliphatic heterocycles. The van der Waals surface area contributed by atoms with Crippen LogP contribution in [0.25, 0.3) is 0 Å². The molecular weight excluding hydrogens is 159 g/mol. The predicted molar refractivity (Wildman–Crippen MR) is 50.6 cm³/mol. The van der Waals surface area contributed by atoms with Crippen LogP contribution in [0.4, 0.5) is 0 Å². The molecule has 4 N–H and O–H groups in total. The smallest absolute Gasteiger partial charge is 0.0878 e. The summed E-state index contributed by atoms with van der Waals surface area (Å²) in [6.07, 6.45) is 1.21. The van der Waals surface area contributed by atoms with Gasteiger partial charge in [-0.15, -0.1) is 0 Å². The molecule has 0 aromatic carbocycles. The lowest BCUT2D eigenvalue weighted by molar-refractivity contribution is 0.570. The van der Waals surface area contributed by atoms with Crippen molar-refractivity contribution in [2.45, 2.75) is 25.9 Å². The quantitative estimate of drug-likeness (QED) is 0.622. The average Bonchev–Trinajstić information content (AvgIpc) is 1.53. The summed E-state index contributed by atoms with van der Waals surface area (Å²) in [5.74, 6) is 0. The molecule has 0 saturated carbocycles. The highest BCUT2D eigenvalue weighted by molar-refractivity contribution is 7.63. The summed E-state index contributed by atoms with van der Waals surface area (Å²) in [6.45, 7) is 5.52. The fourth-order valence-corrected chi connectivity index (χ4v) is 3.88. The van der Waals surface area contributed by atoms with Gasteiger partial charge in [0.2, 0.25) is 0 Å². The fourth-order valence-electron chi connectivity index (χ4n) is 1.29. The van der Waals surface area contributed by atoms with Gasteiger partial charge in [0.1, 0.15) is 0 Å². The van der Waals surface area contributed by atoms with E-state index in [1.54, 1.807) is 6.66 Å². The lowest BCUT2D eigenvalue weighted by Crippen LogP contribution is -2.25. The van der Waals surface area contributed by atoms with Crippen LogP contribution in [-0.2, 0) is 4.57 Å². The summed E-state index contributed by atoms with van der Waals surface area (Å²) in [6, 6.07) is 0.0363. The van der Waals surface area contributed by atoms with Crippen LogP contribution in [0.1, 0.15) is 13.8 Å². The number of hydrogen-bond donors (Lipinski definition) is 2. The molecule has 0 heterocycles. The van der Waals surface area contributed by atoms with Crippen molar-refractivity contribution in [3.8, 4) is 0 Å². The molecule has 0 fully saturated rings. The Bertz CT molecular complexity index is 143. The van der Waals surface area contributed by atoms with Crippen molar-refractivity contribution in [3.05, 3.63) is 0 Å². The van der Waals surface area contributed by atoms with Gasteiger partial charge in [-0.1, -0.05) is 0 Å². The normalized spacial score (nSPS) is 22.3. The molecule has 0 saturated heterocycles. The molecular formula is C7H19N2OP. The number of rotatable bonds is 4. The molecule has 0 rings (SSSR count). The topological polar surface area (TPSA) is 69.1 Å². The first kappa shape index (κ1) is 11.2. The maximum Gasteiger partial charge on any atom is 0.0878 e. The Hall–Kier alpha value is 0.150. The van der Waals surface area contributed by atoms with Crippen molar-refractivity contribution in [2.24, 2.45) is 11.5 Å². The van der Waals surface area contributed by atoms with E-state index in [4.69, 9.17) is 11.5 Å². The summed E-state index contributed by atoms with van der Waals surface area (Å²) >= 11 is 0. The third kappa shape index (κ3) is 6.54. The second kappa shape index (κ2) is 4.24. The summed E-state index contributed by atoms with van der Waals surface area (Å²) in [7, 11) is -2.05. The monoisotopic (exact) mass is 178 g/mol. The van der Waals surface area contributed by atoms with E-state index in [0.717, 1.165) is 0 Å². The first-order chi connectivity index (χ1) is 4.83. The predicted octanol–water partition coefficient (Wildman–Crippen LogP) is 0.674. The Morgan fingerprint density at radius 3 is 1.64 bits per heavy atom. The summed E-state index contributed by atoms with van der Waals surface area (Å²) in [5.41, 5.74) is 11.1. The minimum atomic E-state index is -2.05. The minimum absolute atomic E-state index is 0.0181. The van der Waals surface area contributed by atoms with Crippen molar-refractivity contribution in [3.63, 3.8) is 0 Å². The van der Waals surface area contributed by atoms with E-state index in [0.29, 0.717) is 12.3 Å². The Balaban J connectivity index is 3.91. The maximum atomic E-state index is 11.7. The summed E-state index contributed by atoms with van der Waals surface area (Å²) in [4.78, 5) is 0. The van der Waals surface area contributed by atoms with Crippen molar-refractivity contribution >= 4 is 7.14 Å². The molecule has 3 nitrogen and oxygen atoms in total. The Morgan fingerprint density at radius 1 is 1.18 bits per heavy atom. The van der Waals surface area contributed by atoms with Crippen LogP contribution >= 0.6 is 7.14 Å². The van der Waals surface area contributed by atoms with Crippen LogP contribution < -0.4 is 11.5 Å². The second-order valence-electron chi connectivity index (χ2n) is 3.62. The molecule has 0 aliphatic rings. The molecule has 4 heteroatoms. The van der Waals surface area contributed by atoms with Gasteiger partial charge in [-0.3, -0.25) is 0 Å². The highest BCUT2D eigenvalue weighted by Gasteiger charge is 2.18. The van der Waals surface area contributed by atoms with Gasteiger partial charge in [0, 0.05) is 24.4 Å².